The highest BCUT2D eigenvalue weighted by atomic mass is 32.2. The molecule has 0 bridgehead atoms. The van der Waals surface area contributed by atoms with Crippen LogP contribution in [0.25, 0.3) is 0 Å². The highest BCUT2D eigenvalue weighted by Crippen LogP contribution is 2.22. The van der Waals surface area contributed by atoms with Crippen molar-refractivity contribution in [2.75, 3.05) is 13.7 Å². The van der Waals surface area contributed by atoms with Crippen molar-refractivity contribution < 1.29 is 9.53 Å². The van der Waals surface area contributed by atoms with E-state index in [0.717, 1.165) is 24.3 Å². The number of hydrogen-bond donors (Lipinski definition) is 1. The fraction of sp³-hybridized carbons (Fsp3) is 0.500. The van der Waals surface area contributed by atoms with E-state index in [1.54, 1.807) is 0 Å². The van der Waals surface area contributed by atoms with Crippen molar-refractivity contribution in [1.29, 1.82) is 0 Å². The normalized spacial score (nSPS) is 12.2. The van der Waals surface area contributed by atoms with E-state index in [4.69, 9.17) is 10.5 Å². The first-order valence-corrected chi connectivity index (χ1v) is 7.17. The van der Waals surface area contributed by atoms with Crippen LogP contribution in [-0.2, 0) is 21.7 Å². The molecule has 1 rings (SSSR count). The standard InChI is InChI=1S/C14H21NO2S/c1-11(7-8-15)18-10-13-6-4-3-5-12(13)9-14(16)17-2/h3-6,11H,7-10,15H2,1-2H3. The van der Waals surface area contributed by atoms with Crippen LogP contribution in [0, 0.1) is 0 Å². The van der Waals surface area contributed by atoms with Crippen LogP contribution >= 0.6 is 11.8 Å². The van der Waals surface area contributed by atoms with Crippen molar-refractivity contribution in [3.8, 4) is 0 Å². The summed E-state index contributed by atoms with van der Waals surface area (Å²) >= 11 is 1.87. The predicted octanol–water partition coefficient (Wildman–Crippen LogP) is 2.37. The zero-order valence-corrected chi connectivity index (χ0v) is 11.8. The van der Waals surface area contributed by atoms with E-state index in [-0.39, 0.29) is 5.97 Å². The molecule has 0 aliphatic heterocycles. The third-order valence-electron chi connectivity index (χ3n) is 2.78. The molecule has 0 amide bonds. The number of benzene rings is 1. The average Bonchev–Trinajstić information content (AvgIpc) is 2.38. The fourth-order valence-corrected chi connectivity index (χ4v) is 2.70. The van der Waals surface area contributed by atoms with Gasteiger partial charge in [0.15, 0.2) is 0 Å². The van der Waals surface area contributed by atoms with Crippen LogP contribution in [0.1, 0.15) is 24.5 Å². The van der Waals surface area contributed by atoms with Crippen molar-refractivity contribution in [1.82, 2.24) is 0 Å². The van der Waals surface area contributed by atoms with Gasteiger partial charge in [-0.15, -0.1) is 0 Å². The minimum absolute atomic E-state index is 0.192. The summed E-state index contributed by atoms with van der Waals surface area (Å²) in [6.45, 7) is 2.90. The summed E-state index contributed by atoms with van der Waals surface area (Å²) in [4.78, 5) is 11.3. The lowest BCUT2D eigenvalue weighted by Gasteiger charge is -2.12. The van der Waals surface area contributed by atoms with Crippen molar-refractivity contribution in [3.05, 3.63) is 35.4 Å². The molecular weight excluding hydrogens is 246 g/mol. The minimum Gasteiger partial charge on any atom is -0.469 e. The highest BCUT2D eigenvalue weighted by molar-refractivity contribution is 7.99. The van der Waals surface area contributed by atoms with Gasteiger partial charge in [0.1, 0.15) is 0 Å². The van der Waals surface area contributed by atoms with E-state index < -0.39 is 0 Å². The van der Waals surface area contributed by atoms with Crippen LogP contribution in [0.5, 0.6) is 0 Å². The third kappa shape index (κ3) is 5.10. The number of thioether (sulfide) groups is 1. The van der Waals surface area contributed by atoms with Crippen LogP contribution in [0.4, 0.5) is 0 Å². The zero-order chi connectivity index (χ0) is 13.4. The van der Waals surface area contributed by atoms with Gasteiger partial charge in [-0.3, -0.25) is 4.79 Å². The highest BCUT2D eigenvalue weighted by Gasteiger charge is 2.09. The monoisotopic (exact) mass is 267 g/mol. The molecule has 0 aromatic heterocycles. The Morgan fingerprint density at radius 3 is 2.67 bits per heavy atom. The van der Waals surface area contributed by atoms with Crippen LogP contribution in [0.3, 0.4) is 0 Å². The van der Waals surface area contributed by atoms with E-state index in [2.05, 4.69) is 13.0 Å². The molecule has 4 heteroatoms. The second-order valence-electron chi connectivity index (χ2n) is 4.22. The molecule has 18 heavy (non-hydrogen) atoms. The summed E-state index contributed by atoms with van der Waals surface area (Å²) in [5.74, 6) is 0.719. The van der Waals surface area contributed by atoms with Gasteiger partial charge in [0, 0.05) is 11.0 Å². The summed E-state index contributed by atoms with van der Waals surface area (Å²) in [7, 11) is 1.42. The summed E-state index contributed by atoms with van der Waals surface area (Å²) in [6, 6.07) is 8.01. The number of carbonyl (C=O) groups excluding carboxylic acids is 1. The number of ether oxygens (including phenoxy) is 1. The van der Waals surface area contributed by atoms with E-state index >= 15 is 0 Å². The molecule has 1 aromatic rings. The SMILES string of the molecule is COC(=O)Cc1ccccc1CSC(C)CCN. The molecule has 100 valence electrons. The van der Waals surface area contributed by atoms with Crippen LogP contribution in [0.2, 0.25) is 0 Å². The van der Waals surface area contributed by atoms with Crippen LogP contribution < -0.4 is 5.73 Å². The van der Waals surface area contributed by atoms with E-state index in [0.29, 0.717) is 11.7 Å². The first-order valence-electron chi connectivity index (χ1n) is 6.12. The molecule has 0 fully saturated rings. The number of methoxy groups -OCH3 is 1. The number of nitrogens with two attached hydrogens (primary N) is 1. The predicted molar refractivity (Wildman–Crippen MR) is 76.6 cm³/mol. The Balaban J connectivity index is 2.61. The quantitative estimate of drug-likeness (QED) is 0.771. The Morgan fingerprint density at radius 1 is 1.39 bits per heavy atom. The smallest absolute Gasteiger partial charge is 0.309 e. The fourth-order valence-electron chi connectivity index (χ4n) is 1.65. The van der Waals surface area contributed by atoms with Gasteiger partial charge in [-0.2, -0.15) is 11.8 Å². The lowest BCUT2D eigenvalue weighted by atomic mass is 10.1. The molecule has 1 aromatic carbocycles. The molecule has 0 spiro atoms. The van der Waals surface area contributed by atoms with Crippen LogP contribution in [0.15, 0.2) is 24.3 Å². The van der Waals surface area contributed by atoms with Gasteiger partial charge in [0.05, 0.1) is 13.5 Å². The molecule has 0 saturated heterocycles. The molecular formula is C14H21NO2S. The van der Waals surface area contributed by atoms with Gasteiger partial charge >= 0.3 is 5.97 Å². The maximum atomic E-state index is 11.3. The molecule has 1 unspecified atom stereocenters. The topological polar surface area (TPSA) is 52.3 Å². The van der Waals surface area contributed by atoms with Crippen molar-refractivity contribution in [3.63, 3.8) is 0 Å². The summed E-state index contributed by atoms with van der Waals surface area (Å²) < 4.78 is 4.71. The van der Waals surface area contributed by atoms with Gasteiger partial charge < -0.3 is 10.5 Å². The minimum atomic E-state index is -0.192. The molecule has 0 saturated carbocycles. The Morgan fingerprint density at radius 2 is 2.06 bits per heavy atom. The van der Waals surface area contributed by atoms with Gasteiger partial charge in [0.2, 0.25) is 0 Å². The summed E-state index contributed by atoms with van der Waals surface area (Å²) in [5, 5.41) is 0.543. The largest absolute Gasteiger partial charge is 0.469 e. The number of hydrogen-bond acceptors (Lipinski definition) is 4. The summed E-state index contributed by atoms with van der Waals surface area (Å²) in [5.41, 5.74) is 7.80. The van der Waals surface area contributed by atoms with Gasteiger partial charge in [-0.1, -0.05) is 31.2 Å². The Kier molecular flexibility index (Phi) is 6.83. The molecule has 3 nitrogen and oxygen atoms in total. The van der Waals surface area contributed by atoms with Gasteiger partial charge in [-0.05, 0) is 24.1 Å². The second-order valence-corrected chi connectivity index (χ2v) is 5.65. The molecule has 0 radical (unpaired) electrons. The number of esters is 1. The lowest BCUT2D eigenvalue weighted by Crippen LogP contribution is -2.09. The summed E-state index contributed by atoms with van der Waals surface area (Å²) in [6.07, 6.45) is 1.36. The number of rotatable bonds is 7. The Hall–Kier alpha value is -1.00. The Bertz CT molecular complexity index is 382. The lowest BCUT2D eigenvalue weighted by molar-refractivity contribution is -0.139. The maximum absolute atomic E-state index is 11.3. The first-order chi connectivity index (χ1) is 8.67. The van der Waals surface area contributed by atoms with E-state index in [1.165, 1.54) is 12.7 Å². The third-order valence-corrected chi connectivity index (χ3v) is 4.06. The van der Waals surface area contributed by atoms with E-state index in [9.17, 15) is 4.79 Å². The second kappa shape index (κ2) is 8.16. The molecule has 0 aliphatic carbocycles. The van der Waals surface area contributed by atoms with Crippen molar-refractivity contribution in [2.24, 2.45) is 5.73 Å². The number of carbonyl (C=O) groups is 1. The molecule has 0 aliphatic rings. The van der Waals surface area contributed by atoms with Crippen LogP contribution in [-0.4, -0.2) is 24.9 Å². The van der Waals surface area contributed by atoms with Gasteiger partial charge in [-0.25, -0.2) is 0 Å². The van der Waals surface area contributed by atoms with Crippen molar-refractivity contribution in [2.45, 2.75) is 30.8 Å². The average molecular weight is 267 g/mol. The Labute approximate surface area is 113 Å². The molecule has 1 atom stereocenters. The molecule has 2 N–H and O–H groups in total. The first kappa shape index (κ1) is 15.1. The zero-order valence-electron chi connectivity index (χ0n) is 11.0. The van der Waals surface area contributed by atoms with Gasteiger partial charge in [0.25, 0.3) is 0 Å². The van der Waals surface area contributed by atoms with Crippen molar-refractivity contribution >= 4 is 17.7 Å². The molecule has 0 heterocycles. The van der Waals surface area contributed by atoms with E-state index in [1.807, 2.05) is 30.0 Å². The maximum Gasteiger partial charge on any atom is 0.309 e.